The normalized spacial score (nSPS) is 25.4. The Morgan fingerprint density at radius 3 is 2.26 bits per heavy atom. The molecule has 10 nitrogen and oxygen atoms in total. The van der Waals surface area contributed by atoms with Crippen molar-refractivity contribution in [3.8, 4) is 17.2 Å². The van der Waals surface area contributed by atoms with Crippen molar-refractivity contribution in [2.75, 3.05) is 10.3 Å². The Labute approximate surface area is 328 Å². The third-order valence-electron chi connectivity index (χ3n) is 12.6. The van der Waals surface area contributed by atoms with Gasteiger partial charge in [-0.2, -0.15) is 5.01 Å². The monoisotopic (exact) mass is 754 g/mol. The summed E-state index contributed by atoms with van der Waals surface area (Å²) < 4.78 is 5.96. The highest BCUT2D eigenvalue weighted by Crippen LogP contribution is 2.64. The van der Waals surface area contributed by atoms with Crippen molar-refractivity contribution in [2.24, 2.45) is 23.7 Å². The van der Waals surface area contributed by atoms with Crippen LogP contribution in [0.15, 0.2) is 137 Å². The lowest BCUT2D eigenvalue weighted by Gasteiger charge is -2.50. The van der Waals surface area contributed by atoms with Crippen molar-refractivity contribution in [3.63, 3.8) is 0 Å². The predicted octanol–water partition coefficient (Wildman–Crippen LogP) is 8.01. The molecule has 1 aromatic heterocycles. The van der Waals surface area contributed by atoms with E-state index in [1.807, 2.05) is 104 Å². The number of carbonyl (C=O) groups is 4. The lowest BCUT2D eigenvalue weighted by Crippen LogP contribution is -2.53. The van der Waals surface area contributed by atoms with Gasteiger partial charge in [0, 0.05) is 11.5 Å². The number of anilines is 2. The van der Waals surface area contributed by atoms with Crippen LogP contribution in [0.1, 0.15) is 41.0 Å². The number of aromatic nitrogens is 1. The van der Waals surface area contributed by atoms with Gasteiger partial charge in [-0.1, -0.05) is 83.9 Å². The number of hydrogen-bond donors (Lipinski definition) is 2. The summed E-state index contributed by atoms with van der Waals surface area (Å²) in [4.78, 5) is 65.2. The summed E-state index contributed by atoms with van der Waals surface area (Å²) in [5.41, 5.74) is 8.83. The molecule has 6 atom stereocenters. The van der Waals surface area contributed by atoms with Crippen molar-refractivity contribution in [1.82, 2.24) is 9.99 Å². The number of rotatable bonds is 6. The van der Waals surface area contributed by atoms with Crippen LogP contribution < -0.4 is 10.3 Å². The van der Waals surface area contributed by atoms with Crippen molar-refractivity contribution in [2.45, 2.75) is 38.0 Å². The van der Waals surface area contributed by atoms with Crippen LogP contribution in [0.25, 0.3) is 22.6 Å². The molecule has 57 heavy (non-hydrogen) atoms. The second kappa shape index (κ2) is 12.9. The van der Waals surface area contributed by atoms with Gasteiger partial charge in [-0.05, 0) is 104 Å². The van der Waals surface area contributed by atoms with E-state index in [1.54, 1.807) is 37.3 Å². The van der Waals surface area contributed by atoms with Gasteiger partial charge in [-0.25, -0.2) is 4.98 Å². The SMILES string of the molecule is Cc1ccc(NN2C(=O)[C@@H]3C[C@@H]4C(=CC[C@@H]5C(=O)N(c6ccc(-c7nc8ccccc8o7)cc6)C(=O)[C@@H]54)[C@H](c4ccc(O)c(C)c4)[C@]3(c3ccccc3)C2=O)cc1. The van der Waals surface area contributed by atoms with Gasteiger partial charge in [0.15, 0.2) is 5.58 Å². The van der Waals surface area contributed by atoms with Crippen LogP contribution in [-0.2, 0) is 24.6 Å². The van der Waals surface area contributed by atoms with E-state index in [9.17, 15) is 19.5 Å². The number of aromatic hydroxyl groups is 1. The Morgan fingerprint density at radius 1 is 0.789 bits per heavy atom. The Balaban J connectivity index is 1.07. The van der Waals surface area contributed by atoms with E-state index >= 15 is 4.79 Å². The van der Waals surface area contributed by atoms with E-state index in [1.165, 1.54) is 4.90 Å². The van der Waals surface area contributed by atoms with Gasteiger partial charge in [0.2, 0.25) is 17.7 Å². The third-order valence-corrected chi connectivity index (χ3v) is 12.6. The number of phenolic OH excluding ortho intramolecular Hbond substituents is 1. The van der Waals surface area contributed by atoms with E-state index in [-0.39, 0.29) is 24.0 Å². The largest absolute Gasteiger partial charge is 0.508 e. The first-order valence-corrected chi connectivity index (χ1v) is 19.3. The van der Waals surface area contributed by atoms with E-state index in [2.05, 4.69) is 10.4 Å². The van der Waals surface area contributed by atoms with E-state index < -0.39 is 46.8 Å². The van der Waals surface area contributed by atoms with E-state index in [4.69, 9.17) is 4.42 Å². The standard InChI is InChI=1S/C47H38N4O6/c1-26-12-17-31(18-13-26)49-51-44(54)36-25-35-33(41(29-16-23-38(52)27(2)24-29)47(36,46(51)56)30-8-4-3-5-9-30)21-22-34-40(35)45(55)50(43(34)53)32-19-14-28(15-20-32)42-48-37-10-6-7-11-39(37)57-42/h3-21,23-24,34-36,40-41,49,52H,22,25H2,1-2H3/t34-,35+,36-,40-,41-,47+/m0/s1. The Hall–Kier alpha value is -6.81. The minimum atomic E-state index is -1.39. The maximum absolute atomic E-state index is 15.3. The first-order chi connectivity index (χ1) is 27.6. The number of para-hydroxylation sites is 2. The molecule has 2 saturated heterocycles. The number of aryl methyl sites for hydroxylation is 2. The van der Waals surface area contributed by atoms with Gasteiger partial charge in [0.1, 0.15) is 11.3 Å². The molecular formula is C47H38N4O6. The number of carbonyl (C=O) groups excluding carboxylic acids is 4. The predicted molar refractivity (Wildman–Crippen MR) is 214 cm³/mol. The van der Waals surface area contributed by atoms with Gasteiger partial charge < -0.3 is 9.52 Å². The molecule has 6 aromatic rings. The molecule has 4 amide bonds. The summed E-state index contributed by atoms with van der Waals surface area (Å²) >= 11 is 0. The maximum Gasteiger partial charge on any atom is 0.260 e. The molecule has 2 N–H and O–H groups in total. The Kier molecular flexibility index (Phi) is 7.83. The quantitative estimate of drug-likeness (QED) is 0.129. The number of allylic oxidation sites excluding steroid dienone is 2. The molecule has 2 aliphatic carbocycles. The Bertz CT molecular complexity index is 2640. The zero-order chi connectivity index (χ0) is 39.2. The number of hydrogen-bond acceptors (Lipinski definition) is 8. The van der Waals surface area contributed by atoms with Crippen LogP contribution in [0.4, 0.5) is 11.4 Å². The number of nitrogens with one attached hydrogen (secondary N) is 1. The molecule has 2 aliphatic heterocycles. The highest BCUT2D eigenvalue weighted by atomic mass is 16.3. The fraction of sp³-hybridized carbons (Fsp3) is 0.213. The molecule has 0 unspecified atom stereocenters. The number of oxazole rings is 1. The topological polar surface area (TPSA) is 133 Å². The lowest BCUT2D eigenvalue weighted by molar-refractivity contribution is -0.138. The van der Waals surface area contributed by atoms with Crippen LogP contribution >= 0.6 is 0 Å². The van der Waals surface area contributed by atoms with Crippen LogP contribution in [0.2, 0.25) is 0 Å². The van der Waals surface area contributed by atoms with Gasteiger partial charge in [0.05, 0.1) is 34.5 Å². The number of fused-ring (bicyclic) bond motifs is 5. The van der Waals surface area contributed by atoms with E-state index in [0.29, 0.717) is 46.0 Å². The summed E-state index contributed by atoms with van der Waals surface area (Å²) in [6, 6.07) is 36.8. The molecule has 282 valence electrons. The molecule has 10 rings (SSSR count). The molecule has 0 radical (unpaired) electrons. The van der Waals surface area contributed by atoms with Crippen LogP contribution in [0.3, 0.4) is 0 Å². The van der Waals surface area contributed by atoms with Crippen molar-refractivity contribution < 1.29 is 28.7 Å². The summed E-state index contributed by atoms with van der Waals surface area (Å²) in [5, 5.41) is 11.8. The number of phenols is 1. The molecule has 4 aliphatic rings. The van der Waals surface area contributed by atoms with Gasteiger partial charge in [-0.15, -0.1) is 0 Å². The number of imide groups is 2. The molecule has 0 spiro atoms. The number of amides is 4. The van der Waals surface area contributed by atoms with Gasteiger partial charge >= 0.3 is 0 Å². The van der Waals surface area contributed by atoms with Crippen molar-refractivity contribution >= 4 is 46.1 Å². The van der Waals surface area contributed by atoms with Crippen molar-refractivity contribution in [1.29, 1.82) is 0 Å². The molecule has 1 saturated carbocycles. The fourth-order valence-electron chi connectivity index (χ4n) is 9.98. The second-order valence-electron chi connectivity index (χ2n) is 15.7. The molecule has 5 aromatic carbocycles. The minimum absolute atomic E-state index is 0.111. The number of hydrazine groups is 1. The third kappa shape index (κ3) is 5.13. The Morgan fingerprint density at radius 2 is 1.53 bits per heavy atom. The van der Waals surface area contributed by atoms with Gasteiger partial charge in [0.25, 0.3) is 11.8 Å². The van der Waals surface area contributed by atoms with Crippen LogP contribution in [-0.4, -0.2) is 38.7 Å². The highest BCUT2D eigenvalue weighted by Gasteiger charge is 2.70. The minimum Gasteiger partial charge on any atom is -0.508 e. The number of nitrogens with zero attached hydrogens (tertiary/aromatic N) is 3. The van der Waals surface area contributed by atoms with Crippen molar-refractivity contribution in [3.05, 3.63) is 155 Å². The maximum atomic E-state index is 15.3. The molecule has 3 heterocycles. The van der Waals surface area contributed by atoms with Gasteiger partial charge in [-0.3, -0.25) is 29.5 Å². The summed E-state index contributed by atoms with van der Waals surface area (Å²) in [6.07, 6.45) is 2.53. The van der Waals surface area contributed by atoms with E-state index in [0.717, 1.165) is 27.2 Å². The fourth-order valence-corrected chi connectivity index (χ4v) is 9.98. The molecular weight excluding hydrogens is 717 g/mol. The smallest absolute Gasteiger partial charge is 0.260 e. The first-order valence-electron chi connectivity index (χ1n) is 19.3. The van der Waals surface area contributed by atoms with Crippen LogP contribution in [0, 0.1) is 37.5 Å². The average Bonchev–Trinajstić information content (AvgIpc) is 3.84. The first kappa shape index (κ1) is 34.7. The molecule has 10 heteroatoms. The summed E-state index contributed by atoms with van der Waals surface area (Å²) in [6.45, 7) is 3.77. The highest BCUT2D eigenvalue weighted by molar-refractivity contribution is 6.22. The number of benzene rings is 5. The molecule has 3 fully saturated rings. The average molecular weight is 755 g/mol. The zero-order valence-electron chi connectivity index (χ0n) is 31.3. The zero-order valence-corrected chi connectivity index (χ0v) is 31.3. The summed E-state index contributed by atoms with van der Waals surface area (Å²) in [7, 11) is 0. The van der Waals surface area contributed by atoms with Crippen LogP contribution in [0.5, 0.6) is 5.75 Å². The molecule has 0 bridgehead atoms. The summed E-state index contributed by atoms with van der Waals surface area (Å²) in [5.74, 6) is -4.31. The second-order valence-corrected chi connectivity index (χ2v) is 15.7. The lowest BCUT2D eigenvalue weighted by atomic mass is 9.49.